The molecule has 1 amide bonds. The summed E-state index contributed by atoms with van der Waals surface area (Å²) in [5, 5.41) is 18.0. The normalized spacial score (nSPS) is 24.1. The topological polar surface area (TPSA) is 141 Å². The zero-order valence-corrected chi connectivity index (χ0v) is 26.5. The zero-order chi connectivity index (χ0) is 32.0. The van der Waals surface area contributed by atoms with E-state index < -0.39 is 27.1 Å². The van der Waals surface area contributed by atoms with Crippen LogP contribution in [0.15, 0.2) is 49.3 Å². The van der Waals surface area contributed by atoms with Crippen molar-refractivity contribution in [1.82, 2.24) is 20.3 Å². The van der Waals surface area contributed by atoms with Crippen molar-refractivity contribution in [2.24, 2.45) is 5.92 Å². The molecule has 3 N–H and O–H groups in total. The lowest BCUT2D eigenvalue weighted by Gasteiger charge is -2.48. The summed E-state index contributed by atoms with van der Waals surface area (Å²) in [5.74, 6) is 1.17. The molecule has 0 radical (unpaired) electrons. The van der Waals surface area contributed by atoms with Gasteiger partial charge >= 0.3 is 0 Å². The number of sulfone groups is 1. The molecule has 2 fully saturated rings. The minimum absolute atomic E-state index is 0.0200. The Kier molecular flexibility index (Phi) is 8.31. The Morgan fingerprint density at radius 2 is 2.00 bits per heavy atom. The third-order valence-corrected chi connectivity index (χ3v) is 9.69. The molecule has 236 valence electrons. The predicted molar refractivity (Wildman–Crippen MR) is 171 cm³/mol. The molecule has 4 atom stereocenters. The molecule has 13 heteroatoms. The molecule has 44 heavy (non-hydrogen) atoms. The number of carbonyl (C=O) groups is 1. The Balaban J connectivity index is 1.49. The van der Waals surface area contributed by atoms with Crippen LogP contribution in [0.5, 0.6) is 0 Å². The summed E-state index contributed by atoms with van der Waals surface area (Å²) in [5.41, 5.74) is -0.752. The maximum absolute atomic E-state index is 14.8. The Morgan fingerprint density at radius 3 is 2.66 bits per heavy atom. The summed E-state index contributed by atoms with van der Waals surface area (Å²) in [7, 11) is -3.10. The number of aliphatic hydroxyl groups is 1. The van der Waals surface area contributed by atoms with Gasteiger partial charge in [0.05, 0.1) is 23.9 Å². The maximum Gasteiger partial charge on any atom is 0.244 e. The van der Waals surface area contributed by atoms with Crippen LogP contribution in [0, 0.1) is 5.92 Å². The van der Waals surface area contributed by atoms with Crippen LogP contribution in [0.25, 0.3) is 10.8 Å². The highest BCUT2D eigenvalue weighted by atomic mass is 32.2. The van der Waals surface area contributed by atoms with E-state index in [1.165, 1.54) is 19.3 Å². The van der Waals surface area contributed by atoms with Crippen LogP contribution in [0.1, 0.15) is 39.7 Å². The average Bonchev–Trinajstić information content (AvgIpc) is 2.95. The molecule has 2 aliphatic rings. The first-order chi connectivity index (χ1) is 20.6. The van der Waals surface area contributed by atoms with Crippen molar-refractivity contribution in [2.45, 2.75) is 57.5 Å². The molecule has 0 saturated carbocycles. The van der Waals surface area contributed by atoms with Gasteiger partial charge in [-0.25, -0.2) is 22.8 Å². The Hall–Kier alpha value is -3.84. The maximum atomic E-state index is 14.8. The molecule has 11 nitrogen and oxygen atoms in total. The van der Waals surface area contributed by atoms with Gasteiger partial charge in [-0.2, -0.15) is 4.98 Å². The van der Waals surface area contributed by atoms with Gasteiger partial charge in [0, 0.05) is 54.8 Å². The van der Waals surface area contributed by atoms with Crippen molar-refractivity contribution >= 4 is 49.8 Å². The van der Waals surface area contributed by atoms with Crippen LogP contribution in [-0.4, -0.2) is 83.8 Å². The number of nitrogens with one attached hydrogen (secondary N) is 2. The van der Waals surface area contributed by atoms with Crippen molar-refractivity contribution in [3.8, 4) is 0 Å². The first kappa shape index (κ1) is 31.6. The van der Waals surface area contributed by atoms with E-state index in [1.807, 2.05) is 39.0 Å². The number of halogens is 1. The van der Waals surface area contributed by atoms with Crippen molar-refractivity contribution in [3.05, 3.63) is 54.9 Å². The van der Waals surface area contributed by atoms with E-state index in [-0.39, 0.29) is 36.6 Å². The second kappa shape index (κ2) is 11.6. The first-order valence-corrected chi connectivity index (χ1v) is 16.7. The summed E-state index contributed by atoms with van der Waals surface area (Å²) in [6.45, 7) is 11.8. The molecule has 0 spiro atoms. The van der Waals surface area contributed by atoms with Crippen LogP contribution < -0.4 is 20.4 Å². The van der Waals surface area contributed by atoms with Crippen LogP contribution in [-0.2, 0) is 20.2 Å². The zero-order valence-electron chi connectivity index (χ0n) is 25.7. The molecule has 2 aromatic heterocycles. The van der Waals surface area contributed by atoms with Gasteiger partial charge < -0.3 is 25.5 Å². The quantitative estimate of drug-likeness (QED) is 0.303. The predicted octanol–water partition coefficient (Wildman–Crippen LogP) is 3.47. The standard InChI is InChI=1S/C31H40FN7O4S/c1-7-28(41)37-30(3,4)23-8-9-24(39-16-20(19(39)2)17-44(6,42)43)22-15-34-27(14-21(22)23)35-26-10-12-33-29(36-26)38-13-11-25(40)31(5,32)18-38/h7-10,12,14-15,19-20,25,40H,1,11,13,16-18H2,2-6H3,(H,37,41)(H,33,34,35,36)/t19-,20-,25-,31+/m1/s1. The Labute approximate surface area is 257 Å². The Bertz CT molecular complexity index is 1700. The summed E-state index contributed by atoms with van der Waals surface area (Å²) in [6.07, 6.45) is 5.08. The summed E-state index contributed by atoms with van der Waals surface area (Å²) >= 11 is 0. The molecule has 0 bridgehead atoms. The fourth-order valence-corrected chi connectivity index (χ4v) is 7.27. The van der Waals surface area contributed by atoms with Crippen LogP contribution >= 0.6 is 0 Å². The van der Waals surface area contributed by atoms with Gasteiger partial charge in [-0.1, -0.05) is 12.6 Å². The number of alkyl halides is 1. The molecule has 0 unspecified atom stereocenters. The summed E-state index contributed by atoms with van der Waals surface area (Å²) in [6, 6.07) is 7.57. The number of benzene rings is 1. The van der Waals surface area contributed by atoms with Crippen molar-refractivity contribution in [3.63, 3.8) is 0 Å². The summed E-state index contributed by atoms with van der Waals surface area (Å²) < 4.78 is 38.7. The number of hydrogen-bond donors (Lipinski definition) is 3. The van der Waals surface area contributed by atoms with E-state index in [4.69, 9.17) is 0 Å². The van der Waals surface area contributed by atoms with Crippen LogP contribution in [0.3, 0.4) is 0 Å². The van der Waals surface area contributed by atoms with E-state index in [1.54, 1.807) is 23.4 Å². The molecular formula is C31H40FN7O4S. The highest BCUT2D eigenvalue weighted by Gasteiger charge is 2.40. The number of piperidine rings is 1. The Morgan fingerprint density at radius 1 is 1.25 bits per heavy atom. The smallest absolute Gasteiger partial charge is 0.244 e. The van der Waals surface area contributed by atoms with E-state index >= 15 is 0 Å². The van der Waals surface area contributed by atoms with Gasteiger partial charge in [-0.05, 0) is 69.3 Å². The number of aromatic nitrogens is 3. The highest BCUT2D eigenvalue weighted by molar-refractivity contribution is 7.90. The van der Waals surface area contributed by atoms with Gasteiger partial charge in [0.25, 0.3) is 0 Å². The minimum Gasteiger partial charge on any atom is -0.390 e. The number of carbonyl (C=O) groups excluding carboxylic acids is 1. The lowest BCUT2D eigenvalue weighted by atomic mass is 9.86. The van der Waals surface area contributed by atoms with E-state index in [0.717, 1.165) is 22.0 Å². The number of aliphatic hydroxyl groups excluding tert-OH is 1. The third kappa shape index (κ3) is 6.48. The van der Waals surface area contributed by atoms with Gasteiger partial charge in [-0.15, -0.1) is 0 Å². The molecule has 3 aromatic rings. The number of rotatable bonds is 9. The van der Waals surface area contributed by atoms with E-state index in [0.29, 0.717) is 30.7 Å². The second-order valence-electron chi connectivity index (χ2n) is 12.7. The van der Waals surface area contributed by atoms with Crippen LogP contribution in [0.4, 0.5) is 27.7 Å². The van der Waals surface area contributed by atoms with Crippen molar-refractivity contribution in [1.29, 1.82) is 0 Å². The second-order valence-corrected chi connectivity index (χ2v) is 14.9. The van der Waals surface area contributed by atoms with E-state index in [2.05, 4.69) is 37.1 Å². The van der Waals surface area contributed by atoms with E-state index in [9.17, 15) is 22.7 Å². The van der Waals surface area contributed by atoms with Gasteiger partial charge in [0.1, 0.15) is 21.5 Å². The highest BCUT2D eigenvalue weighted by Crippen LogP contribution is 2.40. The van der Waals surface area contributed by atoms with Crippen molar-refractivity contribution < 1.29 is 22.7 Å². The lowest BCUT2D eigenvalue weighted by molar-refractivity contribution is -0.118. The molecule has 0 aliphatic carbocycles. The van der Waals surface area contributed by atoms with Crippen molar-refractivity contribution in [2.75, 3.05) is 46.8 Å². The molecule has 4 heterocycles. The number of amides is 1. The van der Waals surface area contributed by atoms with Gasteiger partial charge in [-0.3, -0.25) is 4.79 Å². The molecule has 5 rings (SSSR count). The average molecular weight is 626 g/mol. The van der Waals surface area contributed by atoms with Gasteiger partial charge in [0.2, 0.25) is 11.9 Å². The number of fused-ring (bicyclic) bond motifs is 1. The monoisotopic (exact) mass is 625 g/mol. The SMILES string of the molecule is C=CC(=O)NC(C)(C)c1ccc(N2C[C@H](CS(C)(=O)=O)[C@H]2C)c2cnc(Nc3ccnc(N4CC[C@@H](O)[C@@](C)(F)C4)n3)cc12. The fraction of sp³-hybridized carbons (Fsp3) is 0.484. The first-order valence-electron chi connectivity index (χ1n) is 14.6. The minimum atomic E-state index is -3.10. The number of anilines is 4. The lowest BCUT2D eigenvalue weighted by Crippen LogP contribution is -2.57. The van der Waals surface area contributed by atoms with Gasteiger partial charge in [0.15, 0.2) is 5.67 Å². The number of nitrogens with zero attached hydrogens (tertiary/aromatic N) is 5. The third-order valence-electron chi connectivity index (χ3n) is 8.65. The summed E-state index contributed by atoms with van der Waals surface area (Å²) in [4.78, 5) is 29.8. The van der Waals surface area contributed by atoms with Crippen LogP contribution in [0.2, 0.25) is 0 Å². The number of hydrogen-bond acceptors (Lipinski definition) is 10. The molecular weight excluding hydrogens is 585 g/mol. The number of pyridine rings is 1. The molecule has 2 aliphatic heterocycles. The fourth-order valence-electron chi connectivity index (χ4n) is 6.11. The molecule has 2 saturated heterocycles. The molecule has 1 aromatic carbocycles. The largest absolute Gasteiger partial charge is 0.390 e.